The van der Waals surface area contributed by atoms with Gasteiger partial charge in [-0.15, -0.1) is 0 Å². The quantitative estimate of drug-likeness (QED) is 0.911. The molecule has 0 bridgehead atoms. The zero-order valence-corrected chi connectivity index (χ0v) is 13.9. The van der Waals surface area contributed by atoms with Crippen LogP contribution in [0.1, 0.15) is 23.2 Å². The number of hydrogen-bond acceptors (Lipinski definition) is 6. The van der Waals surface area contributed by atoms with Gasteiger partial charge in [-0.05, 0) is 31.0 Å². The van der Waals surface area contributed by atoms with Gasteiger partial charge in [0, 0.05) is 49.4 Å². The van der Waals surface area contributed by atoms with E-state index in [0.29, 0.717) is 30.6 Å². The van der Waals surface area contributed by atoms with Crippen molar-refractivity contribution in [1.82, 2.24) is 19.9 Å². The summed E-state index contributed by atoms with van der Waals surface area (Å²) in [4.78, 5) is 27.2. The molecule has 4 rings (SSSR count). The Kier molecular flexibility index (Phi) is 4.56. The number of nitrogens with zero attached hydrogens (tertiary/aromatic N) is 4. The molecular weight excluding hydrogens is 318 g/mol. The number of fused-ring (bicyclic) bond motifs is 1. The SMILES string of the molecule is O=C(c1ccncc1)N1CCO[C@@H]2[C@H](CNc3ncccn3)CC[C@H]21. The van der Waals surface area contributed by atoms with Crippen molar-refractivity contribution in [3.63, 3.8) is 0 Å². The highest BCUT2D eigenvalue weighted by atomic mass is 16.5. The molecule has 130 valence electrons. The molecule has 2 aromatic heterocycles. The molecule has 3 heterocycles. The van der Waals surface area contributed by atoms with Gasteiger partial charge >= 0.3 is 0 Å². The Bertz CT molecular complexity index is 712. The molecule has 2 aliphatic rings. The number of ether oxygens (including phenoxy) is 1. The average molecular weight is 339 g/mol. The molecule has 0 spiro atoms. The lowest BCUT2D eigenvalue weighted by atomic mass is 10.0. The molecule has 7 heteroatoms. The molecule has 0 radical (unpaired) electrons. The maximum absolute atomic E-state index is 12.8. The Labute approximate surface area is 146 Å². The number of aromatic nitrogens is 3. The third kappa shape index (κ3) is 3.32. The molecule has 1 aliphatic carbocycles. The van der Waals surface area contributed by atoms with Crippen LogP contribution in [0.5, 0.6) is 0 Å². The molecule has 1 N–H and O–H groups in total. The van der Waals surface area contributed by atoms with Crippen molar-refractivity contribution < 1.29 is 9.53 Å². The maximum Gasteiger partial charge on any atom is 0.254 e. The maximum atomic E-state index is 12.8. The van der Waals surface area contributed by atoms with Gasteiger partial charge in [0.05, 0.1) is 18.8 Å². The molecule has 7 nitrogen and oxygen atoms in total. The number of amides is 1. The monoisotopic (exact) mass is 339 g/mol. The van der Waals surface area contributed by atoms with E-state index in [2.05, 4.69) is 20.3 Å². The first-order valence-corrected chi connectivity index (χ1v) is 8.66. The number of carbonyl (C=O) groups excluding carboxylic acids is 1. The second-order valence-corrected chi connectivity index (χ2v) is 6.43. The minimum atomic E-state index is 0.0655. The Morgan fingerprint density at radius 1 is 1.20 bits per heavy atom. The third-order valence-electron chi connectivity index (χ3n) is 5.00. The zero-order valence-electron chi connectivity index (χ0n) is 13.9. The van der Waals surface area contributed by atoms with Crippen LogP contribution in [0.25, 0.3) is 0 Å². The Hall–Kier alpha value is -2.54. The van der Waals surface area contributed by atoms with Crippen LogP contribution in [0.3, 0.4) is 0 Å². The van der Waals surface area contributed by atoms with E-state index in [1.165, 1.54) is 0 Å². The second-order valence-electron chi connectivity index (χ2n) is 6.43. The van der Waals surface area contributed by atoms with Crippen molar-refractivity contribution in [1.29, 1.82) is 0 Å². The Morgan fingerprint density at radius 2 is 2.00 bits per heavy atom. The van der Waals surface area contributed by atoms with Crippen molar-refractivity contribution >= 4 is 11.9 Å². The van der Waals surface area contributed by atoms with Crippen molar-refractivity contribution in [2.24, 2.45) is 5.92 Å². The lowest BCUT2D eigenvalue weighted by Crippen LogP contribution is -2.53. The van der Waals surface area contributed by atoms with Gasteiger partial charge in [-0.2, -0.15) is 0 Å². The second kappa shape index (κ2) is 7.14. The summed E-state index contributed by atoms with van der Waals surface area (Å²) >= 11 is 0. The van der Waals surface area contributed by atoms with Gasteiger partial charge in [-0.1, -0.05) is 0 Å². The van der Waals surface area contributed by atoms with Crippen LogP contribution >= 0.6 is 0 Å². The van der Waals surface area contributed by atoms with E-state index in [0.717, 1.165) is 19.4 Å². The summed E-state index contributed by atoms with van der Waals surface area (Å²) in [7, 11) is 0. The first-order chi connectivity index (χ1) is 12.3. The van der Waals surface area contributed by atoms with E-state index in [-0.39, 0.29) is 18.1 Å². The highest BCUT2D eigenvalue weighted by molar-refractivity contribution is 5.94. The summed E-state index contributed by atoms with van der Waals surface area (Å²) in [6.45, 7) is 1.98. The van der Waals surface area contributed by atoms with Gasteiger partial charge < -0.3 is 15.0 Å². The molecule has 1 amide bonds. The normalized spacial score (nSPS) is 25.4. The van der Waals surface area contributed by atoms with E-state index in [1.54, 1.807) is 43.0 Å². The van der Waals surface area contributed by atoms with Gasteiger partial charge in [-0.25, -0.2) is 9.97 Å². The molecule has 1 aliphatic heterocycles. The number of rotatable bonds is 4. The van der Waals surface area contributed by atoms with E-state index >= 15 is 0 Å². The van der Waals surface area contributed by atoms with Crippen molar-refractivity contribution in [3.05, 3.63) is 48.5 Å². The summed E-state index contributed by atoms with van der Waals surface area (Å²) in [5, 5.41) is 3.28. The van der Waals surface area contributed by atoms with Gasteiger partial charge in [0.2, 0.25) is 5.95 Å². The first kappa shape index (κ1) is 16.0. The molecule has 2 aromatic rings. The van der Waals surface area contributed by atoms with Crippen molar-refractivity contribution in [2.45, 2.75) is 25.0 Å². The Morgan fingerprint density at radius 3 is 2.80 bits per heavy atom. The fraction of sp³-hybridized carbons (Fsp3) is 0.444. The van der Waals surface area contributed by atoms with Crippen LogP contribution in [0.15, 0.2) is 43.0 Å². The number of anilines is 1. The minimum Gasteiger partial charge on any atom is -0.374 e. The highest BCUT2D eigenvalue weighted by Crippen LogP contribution is 2.35. The summed E-state index contributed by atoms with van der Waals surface area (Å²) in [5.41, 5.74) is 0.690. The third-order valence-corrected chi connectivity index (χ3v) is 5.00. The van der Waals surface area contributed by atoms with Crippen molar-refractivity contribution in [2.75, 3.05) is 25.0 Å². The van der Waals surface area contributed by atoms with Crippen molar-refractivity contribution in [3.8, 4) is 0 Å². The van der Waals surface area contributed by atoms with Gasteiger partial charge in [0.1, 0.15) is 0 Å². The van der Waals surface area contributed by atoms with Crippen LogP contribution in [0, 0.1) is 5.92 Å². The molecule has 3 atom stereocenters. The number of carbonyl (C=O) groups is 1. The molecule has 0 aromatic carbocycles. The van der Waals surface area contributed by atoms with Crippen LogP contribution in [-0.2, 0) is 4.74 Å². The first-order valence-electron chi connectivity index (χ1n) is 8.66. The largest absolute Gasteiger partial charge is 0.374 e. The fourth-order valence-corrected chi connectivity index (χ4v) is 3.80. The topological polar surface area (TPSA) is 80.2 Å². The van der Waals surface area contributed by atoms with E-state index in [1.807, 2.05) is 4.90 Å². The minimum absolute atomic E-state index is 0.0655. The predicted molar refractivity (Wildman–Crippen MR) is 92.0 cm³/mol. The van der Waals surface area contributed by atoms with E-state index in [9.17, 15) is 4.79 Å². The van der Waals surface area contributed by atoms with Gasteiger partial charge in [0.15, 0.2) is 0 Å². The number of morpholine rings is 1. The lowest BCUT2D eigenvalue weighted by Gasteiger charge is -2.39. The number of nitrogens with one attached hydrogen (secondary N) is 1. The standard InChI is InChI=1S/C18H21N5O2/c24-17(13-4-8-19-9-5-13)23-10-11-25-16-14(2-3-15(16)23)12-22-18-20-6-1-7-21-18/h1,4-9,14-16H,2-3,10-12H2,(H,20,21,22)/t14-,15+,16+/m0/s1. The molecule has 0 unspecified atom stereocenters. The molecule has 25 heavy (non-hydrogen) atoms. The fourth-order valence-electron chi connectivity index (χ4n) is 3.80. The molecular formula is C18H21N5O2. The zero-order chi connectivity index (χ0) is 17.1. The molecule has 1 saturated carbocycles. The van der Waals surface area contributed by atoms with Gasteiger partial charge in [-0.3, -0.25) is 9.78 Å². The Balaban J connectivity index is 1.42. The van der Waals surface area contributed by atoms with Crippen LogP contribution in [0.4, 0.5) is 5.95 Å². The average Bonchev–Trinajstić information content (AvgIpc) is 3.10. The molecule has 1 saturated heterocycles. The summed E-state index contributed by atoms with van der Waals surface area (Å²) in [6, 6.07) is 5.47. The van der Waals surface area contributed by atoms with E-state index in [4.69, 9.17) is 4.74 Å². The summed E-state index contributed by atoms with van der Waals surface area (Å²) in [5.74, 6) is 1.05. The smallest absolute Gasteiger partial charge is 0.254 e. The summed E-state index contributed by atoms with van der Waals surface area (Å²) < 4.78 is 6.03. The number of pyridine rings is 1. The van der Waals surface area contributed by atoms with Crippen LogP contribution in [-0.4, -0.2) is 57.6 Å². The van der Waals surface area contributed by atoms with Gasteiger partial charge in [0.25, 0.3) is 5.91 Å². The van der Waals surface area contributed by atoms with E-state index < -0.39 is 0 Å². The van der Waals surface area contributed by atoms with Crippen LogP contribution in [0.2, 0.25) is 0 Å². The van der Waals surface area contributed by atoms with Crippen LogP contribution < -0.4 is 5.32 Å². The number of hydrogen-bond donors (Lipinski definition) is 1. The highest BCUT2D eigenvalue weighted by Gasteiger charge is 2.44. The molecule has 2 fully saturated rings. The predicted octanol–water partition coefficient (Wildman–Crippen LogP) is 1.60. The summed E-state index contributed by atoms with van der Waals surface area (Å²) in [6.07, 6.45) is 8.81. The lowest BCUT2D eigenvalue weighted by molar-refractivity contribution is -0.0602.